The van der Waals surface area contributed by atoms with Crippen LogP contribution < -0.4 is 10.1 Å². The van der Waals surface area contributed by atoms with Crippen LogP contribution in [0.15, 0.2) is 48.5 Å². The maximum absolute atomic E-state index is 13.6. The van der Waals surface area contributed by atoms with Crippen LogP contribution in [0.1, 0.15) is 31.0 Å². The van der Waals surface area contributed by atoms with Gasteiger partial charge in [-0.15, -0.1) is 0 Å². The van der Waals surface area contributed by atoms with Crippen LogP contribution in [0.4, 0.5) is 4.39 Å². The minimum atomic E-state index is -0.293. The molecule has 0 saturated heterocycles. The van der Waals surface area contributed by atoms with E-state index in [9.17, 15) is 4.39 Å². The molecular formula is C18H20FNO. The van der Waals surface area contributed by atoms with E-state index in [1.807, 2.05) is 30.3 Å². The zero-order valence-electron chi connectivity index (χ0n) is 12.4. The molecule has 21 heavy (non-hydrogen) atoms. The molecule has 1 heterocycles. The number of fused-ring (bicyclic) bond motifs is 1. The SMILES string of the molecule is CC1(C)Oc2ccccc2C1NCCc1ccccc1F. The molecule has 0 fully saturated rings. The summed E-state index contributed by atoms with van der Waals surface area (Å²) < 4.78 is 19.6. The molecule has 2 nitrogen and oxygen atoms in total. The molecule has 3 heteroatoms. The molecule has 2 aromatic rings. The summed E-state index contributed by atoms with van der Waals surface area (Å²) in [5, 5.41) is 3.51. The largest absolute Gasteiger partial charge is 0.486 e. The molecule has 1 unspecified atom stereocenters. The summed E-state index contributed by atoms with van der Waals surface area (Å²) in [6.45, 7) is 4.87. The summed E-state index contributed by atoms with van der Waals surface area (Å²) in [4.78, 5) is 0. The highest BCUT2D eigenvalue weighted by Gasteiger charge is 2.40. The normalized spacial score (nSPS) is 19.1. The van der Waals surface area contributed by atoms with Crippen molar-refractivity contribution in [3.05, 3.63) is 65.5 Å². The third-order valence-electron chi connectivity index (χ3n) is 4.00. The van der Waals surface area contributed by atoms with Crippen LogP contribution in [0.2, 0.25) is 0 Å². The van der Waals surface area contributed by atoms with Gasteiger partial charge in [-0.1, -0.05) is 36.4 Å². The van der Waals surface area contributed by atoms with Crippen molar-refractivity contribution in [1.29, 1.82) is 0 Å². The summed E-state index contributed by atoms with van der Waals surface area (Å²) in [6, 6.07) is 15.1. The van der Waals surface area contributed by atoms with Gasteiger partial charge in [0.25, 0.3) is 0 Å². The molecule has 1 aliphatic rings. The monoisotopic (exact) mass is 285 g/mol. The second-order valence-electron chi connectivity index (χ2n) is 5.97. The predicted octanol–water partition coefficient (Wildman–Crippen LogP) is 3.87. The standard InChI is InChI=1S/C18H20FNO/c1-18(2)17(14-8-4-6-10-16(14)21-18)20-12-11-13-7-3-5-9-15(13)19/h3-10,17,20H,11-12H2,1-2H3. The summed E-state index contributed by atoms with van der Waals surface area (Å²) in [6.07, 6.45) is 0.668. The molecule has 0 aliphatic carbocycles. The first-order valence-electron chi connectivity index (χ1n) is 7.33. The maximum atomic E-state index is 13.6. The summed E-state index contributed by atoms with van der Waals surface area (Å²) >= 11 is 0. The van der Waals surface area contributed by atoms with E-state index in [0.29, 0.717) is 13.0 Å². The molecular weight excluding hydrogens is 265 g/mol. The topological polar surface area (TPSA) is 21.3 Å². The van der Waals surface area contributed by atoms with Crippen molar-refractivity contribution in [3.63, 3.8) is 0 Å². The van der Waals surface area contributed by atoms with Crippen molar-refractivity contribution in [2.24, 2.45) is 0 Å². The lowest BCUT2D eigenvalue weighted by Gasteiger charge is -2.27. The number of benzene rings is 2. The summed E-state index contributed by atoms with van der Waals surface area (Å²) in [5.74, 6) is 0.799. The van der Waals surface area contributed by atoms with E-state index < -0.39 is 0 Å². The zero-order chi connectivity index (χ0) is 14.9. The van der Waals surface area contributed by atoms with Crippen molar-refractivity contribution in [2.45, 2.75) is 31.9 Å². The highest BCUT2D eigenvalue weighted by atomic mass is 19.1. The fourth-order valence-electron chi connectivity index (χ4n) is 2.94. The van der Waals surface area contributed by atoms with Gasteiger partial charge >= 0.3 is 0 Å². The van der Waals surface area contributed by atoms with Crippen LogP contribution in [-0.2, 0) is 6.42 Å². The fraction of sp³-hybridized carbons (Fsp3) is 0.333. The minimum Gasteiger partial charge on any atom is -0.486 e. The number of rotatable bonds is 4. The lowest BCUT2D eigenvalue weighted by atomic mass is 9.94. The molecule has 1 N–H and O–H groups in total. The van der Waals surface area contributed by atoms with Gasteiger partial charge in [0.05, 0.1) is 6.04 Å². The summed E-state index contributed by atoms with van der Waals surface area (Å²) in [5.41, 5.74) is 1.63. The number of para-hydroxylation sites is 1. The Hall–Kier alpha value is -1.87. The molecule has 1 atom stereocenters. The van der Waals surface area contributed by atoms with E-state index in [0.717, 1.165) is 11.3 Å². The Morgan fingerprint density at radius 1 is 1.10 bits per heavy atom. The second-order valence-corrected chi connectivity index (χ2v) is 5.97. The Bertz CT molecular complexity index is 639. The van der Waals surface area contributed by atoms with Crippen molar-refractivity contribution >= 4 is 0 Å². The lowest BCUT2D eigenvalue weighted by Crippen LogP contribution is -2.39. The Morgan fingerprint density at radius 2 is 1.81 bits per heavy atom. The van der Waals surface area contributed by atoms with E-state index in [2.05, 4.69) is 25.2 Å². The number of halogens is 1. The van der Waals surface area contributed by atoms with Gasteiger partial charge in [0, 0.05) is 5.56 Å². The van der Waals surface area contributed by atoms with Gasteiger partial charge in [-0.3, -0.25) is 0 Å². The van der Waals surface area contributed by atoms with Gasteiger partial charge in [0.15, 0.2) is 0 Å². The highest BCUT2D eigenvalue weighted by Crippen LogP contribution is 2.42. The average Bonchev–Trinajstić information content (AvgIpc) is 2.71. The number of hydrogen-bond donors (Lipinski definition) is 1. The fourth-order valence-corrected chi connectivity index (χ4v) is 2.94. The number of ether oxygens (including phenoxy) is 1. The van der Waals surface area contributed by atoms with E-state index in [1.165, 1.54) is 11.6 Å². The number of nitrogens with one attached hydrogen (secondary N) is 1. The van der Waals surface area contributed by atoms with Gasteiger partial charge in [-0.2, -0.15) is 0 Å². The average molecular weight is 285 g/mol. The minimum absolute atomic E-state index is 0.125. The maximum Gasteiger partial charge on any atom is 0.126 e. The molecule has 0 bridgehead atoms. The molecule has 3 rings (SSSR count). The van der Waals surface area contributed by atoms with Gasteiger partial charge in [-0.25, -0.2) is 4.39 Å². The number of hydrogen-bond acceptors (Lipinski definition) is 2. The highest BCUT2D eigenvalue weighted by molar-refractivity contribution is 5.42. The Morgan fingerprint density at radius 3 is 2.62 bits per heavy atom. The zero-order valence-corrected chi connectivity index (χ0v) is 12.4. The molecule has 0 saturated carbocycles. The van der Waals surface area contributed by atoms with Crippen LogP contribution in [0, 0.1) is 5.82 Å². The Kier molecular flexibility index (Phi) is 3.68. The first-order valence-corrected chi connectivity index (χ1v) is 7.33. The van der Waals surface area contributed by atoms with Crippen molar-refractivity contribution in [1.82, 2.24) is 5.32 Å². The molecule has 0 radical (unpaired) electrons. The quantitative estimate of drug-likeness (QED) is 0.920. The van der Waals surface area contributed by atoms with Crippen LogP contribution in [0.3, 0.4) is 0 Å². The van der Waals surface area contributed by atoms with Crippen LogP contribution in [-0.4, -0.2) is 12.1 Å². The Labute approximate surface area is 125 Å². The predicted molar refractivity (Wildman–Crippen MR) is 82.0 cm³/mol. The van der Waals surface area contributed by atoms with Gasteiger partial charge in [0.1, 0.15) is 17.2 Å². The van der Waals surface area contributed by atoms with Crippen molar-refractivity contribution < 1.29 is 9.13 Å². The molecule has 0 amide bonds. The lowest BCUT2D eigenvalue weighted by molar-refractivity contribution is 0.0968. The van der Waals surface area contributed by atoms with E-state index >= 15 is 0 Å². The van der Waals surface area contributed by atoms with Crippen molar-refractivity contribution in [2.75, 3.05) is 6.54 Å². The molecule has 0 spiro atoms. The van der Waals surface area contributed by atoms with Gasteiger partial charge in [-0.05, 0) is 44.5 Å². The third-order valence-corrected chi connectivity index (χ3v) is 4.00. The first-order chi connectivity index (χ1) is 10.1. The first kappa shape index (κ1) is 14.1. The smallest absolute Gasteiger partial charge is 0.126 e. The third kappa shape index (κ3) is 2.79. The van der Waals surface area contributed by atoms with Gasteiger partial charge in [0.2, 0.25) is 0 Å². The van der Waals surface area contributed by atoms with E-state index in [4.69, 9.17) is 4.74 Å². The van der Waals surface area contributed by atoms with Crippen LogP contribution in [0.5, 0.6) is 5.75 Å². The van der Waals surface area contributed by atoms with E-state index in [1.54, 1.807) is 6.07 Å². The van der Waals surface area contributed by atoms with Gasteiger partial charge < -0.3 is 10.1 Å². The van der Waals surface area contributed by atoms with E-state index in [-0.39, 0.29) is 17.5 Å². The molecule has 110 valence electrons. The second kappa shape index (κ2) is 5.49. The molecule has 2 aromatic carbocycles. The van der Waals surface area contributed by atoms with Crippen molar-refractivity contribution in [3.8, 4) is 5.75 Å². The van der Waals surface area contributed by atoms with Crippen LogP contribution >= 0.6 is 0 Å². The molecule has 0 aromatic heterocycles. The Balaban J connectivity index is 1.69. The van der Waals surface area contributed by atoms with Crippen LogP contribution in [0.25, 0.3) is 0 Å². The summed E-state index contributed by atoms with van der Waals surface area (Å²) in [7, 11) is 0. The molecule has 1 aliphatic heterocycles.